The van der Waals surface area contributed by atoms with Gasteiger partial charge in [0.05, 0.1) is 22.8 Å². The van der Waals surface area contributed by atoms with Crippen molar-refractivity contribution in [3.63, 3.8) is 0 Å². The quantitative estimate of drug-likeness (QED) is 0.778. The van der Waals surface area contributed by atoms with Gasteiger partial charge in [-0.05, 0) is 31.2 Å². The molecule has 20 heavy (non-hydrogen) atoms. The lowest BCUT2D eigenvalue weighted by molar-refractivity contribution is 0.611. The Bertz CT molecular complexity index is 778. The highest BCUT2D eigenvalue weighted by molar-refractivity contribution is 5.78. The summed E-state index contributed by atoms with van der Waals surface area (Å²) in [4.78, 5) is 4.38. The second kappa shape index (κ2) is 4.68. The minimum Gasteiger partial charge on any atom is -0.322 e. The van der Waals surface area contributed by atoms with Crippen molar-refractivity contribution in [2.75, 3.05) is 0 Å². The Labute approximate surface area is 114 Å². The van der Waals surface area contributed by atoms with Crippen LogP contribution in [0, 0.1) is 11.6 Å². The number of hydrogen-bond acceptors (Lipinski definition) is 2. The zero-order valence-electron chi connectivity index (χ0n) is 10.8. The first-order chi connectivity index (χ1) is 9.58. The number of halogens is 2. The average molecular weight is 273 g/mol. The third-order valence-electron chi connectivity index (χ3n) is 3.14. The maximum Gasteiger partial charge on any atom is 0.147 e. The molecule has 3 rings (SSSR count). The minimum atomic E-state index is -0.405. The Hall–Kier alpha value is -2.27. The molecule has 5 heteroatoms. The molecule has 3 nitrogen and oxygen atoms in total. The minimum absolute atomic E-state index is 0.313. The lowest BCUT2D eigenvalue weighted by Crippen LogP contribution is -2.13. The molecule has 2 N–H and O–H groups in total. The summed E-state index contributed by atoms with van der Waals surface area (Å²) in [6, 6.07) is 10.1. The van der Waals surface area contributed by atoms with E-state index in [1.807, 2.05) is 0 Å². The Morgan fingerprint density at radius 2 is 1.90 bits per heavy atom. The van der Waals surface area contributed by atoms with Crippen LogP contribution in [0.15, 0.2) is 42.5 Å². The Balaban J connectivity index is 2.40. The number of benzene rings is 2. The van der Waals surface area contributed by atoms with Gasteiger partial charge in [0.2, 0.25) is 0 Å². The fraction of sp³-hybridized carbons (Fsp3) is 0.133. The third kappa shape index (κ3) is 1.96. The van der Waals surface area contributed by atoms with Gasteiger partial charge in [-0.3, -0.25) is 4.57 Å². The normalized spacial score (nSPS) is 12.8. The number of nitrogens with zero attached hydrogens (tertiary/aromatic N) is 2. The maximum absolute atomic E-state index is 14.0. The van der Waals surface area contributed by atoms with Crippen molar-refractivity contribution in [2.24, 2.45) is 5.73 Å². The van der Waals surface area contributed by atoms with E-state index in [0.29, 0.717) is 22.5 Å². The molecule has 0 aliphatic carbocycles. The van der Waals surface area contributed by atoms with Crippen molar-refractivity contribution in [2.45, 2.75) is 13.0 Å². The Morgan fingerprint density at radius 1 is 1.15 bits per heavy atom. The molecule has 0 aliphatic rings. The molecule has 0 spiro atoms. The molecule has 1 unspecified atom stereocenters. The first-order valence-corrected chi connectivity index (χ1v) is 6.26. The zero-order valence-corrected chi connectivity index (χ0v) is 10.8. The molecule has 0 radical (unpaired) electrons. The van der Waals surface area contributed by atoms with Gasteiger partial charge in [-0.1, -0.05) is 12.1 Å². The lowest BCUT2D eigenvalue weighted by atomic mass is 10.2. The van der Waals surface area contributed by atoms with Crippen molar-refractivity contribution in [1.29, 1.82) is 0 Å². The summed E-state index contributed by atoms with van der Waals surface area (Å²) in [5.74, 6) is -0.306. The second-order valence-corrected chi connectivity index (χ2v) is 4.68. The molecule has 1 heterocycles. The predicted molar refractivity (Wildman–Crippen MR) is 73.6 cm³/mol. The highest BCUT2D eigenvalue weighted by Crippen LogP contribution is 2.26. The molecule has 0 amide bonds. The summed E-state index contributed by atoms with van der Waals surface area (Å²) in [6.07, 6.45) is 0. The largest absolute Gasteiger partial charge is 0.322 e. The van der Waals surface area contributed by atoms with Gasteiger partial charge in [0.1, 0.15) is 17.5 Å². The highest BCUT2D eigenvalue weighted by atomic mass is 19.1. The molecule has 0 bridgehead atoms. The van der Waals surface area contributed by atoms with Gasteiger partial charge in [0, 0.05) is 6.07 Å². The fourth-order valence-electron chi connectivity index (χ4n) is 2.26. The molecule has 0 aliphatic heterocycles. The number of hydrogen-bond donors (Lipinski definition) is 1. The van der Waals surface area contributed by atoms with Gasteiger partial charge in [0.15, 0.2) is 0 Å². The molecule has 2 aromatic carbocycles. The van der Waals surface area contributed by atoms with Crippen LogP contribution >= 0.6 is 0 Å². The number of nitrogens with two attached hydrogens (primary N) is 1. The molecule has 1 aromatic heterocycles. The number of imidazole rings is 1. The van der Waals surface area contributed by atoms with E-state index in [4.69, 9.17) is 5.73 Å². The van der Waals surface area contributed by atoms with Crippen LogP contribution in [0.5, 0.6) is 0 Å². The second-order valence-electron chi connectivity index (χ2n) is 4.68. The van der Waals surface area contributed by atoms with Gasteiger partial charge in [-0.2, -0.15) is 0 Å². The van der Waals surface area contributed by atoms with Crippen LogP contribution in [0.1, 0.15) is 18.8 Å². The molecule has 1 atom stereocenters. The van der Waals surface area contributed by atoms with Crippen LogP contribution in [-0.4, -0.2) is 9.55 Å². The first-order valence-electron chi connectivity index (χ1n) is 6.26. The maximum atomic E-state index is 14.0. The van der Waals surface area contributed by atoms with E-state index in [2.05, 4.69) is 4.98 Å². The Morgan fingerprint density at radius 3 is 2.60 bits per heavy atom. The summed E-state index contributed by atoms with van der Waals surface area (Å²) in [5.41, 5.74) is 7.30. The lowest BCUT2D eigenvalue weighted by Gasteiger charge is -2.12. The van der Waals surface area contributed by atoms with E-state index >= 15 is 0 Å². The number of fused-ring (bicyclic) bond motifs is 1. The third-order valence-corrected chi connectivity index (χ3v) is 3.14. The summed E-state index contributed by atoms with van der Waals surface area (Å²) in [6.45, 7) is 1.76. The van der Waals surface area contributed by atoms with Gasteiger partial charge >= 0.3 is 0 Å². The number of rotatable bonds is 2. The topological polar surface area (TPSA) is 43.8 Å². The first kappa shape index (κ1) is 12.7. The molecule has 0 fully saturated rings. The van der Waals surface area contributed by atoms with Crippen molar-refractivity contribution < 1.29 is 8.78 Å². The standard InChI is InChI=1S/C15H13F2N3/c1-9(18)15-19-12-7-6-10(16)8-14(12)20(15)13-5-3-2-4-11(13)17/h2-9H,18H2,1H3. The zero-order chi connectivity index (χ0) is 14.3. The van der Waals surface area contributed by atoms with Crippen LogP contribution in [0.3, 0.4) is 0 Å². The van der Waals surface area contributed by atoms with Crippen LogP contribution in [-0.2, 0) is 0 Å². The number of aromatic nitrogens is 2. The summed E-state index contributed by atoms with van der Waals surface area (Å²) < 4.78 is 29.1. The molecular formula is C15H13F2N3. The van der Waals surface area contributed by atoms with E-state index in [0.717, 1.165) is 0 Å². The van der Waals surface area contributed by atoms with E-state index in [9.17, 15) is 8.78 Å². The van der Waals surface area contributed by atoms with E-state index in [1.165, 1.54) is 18.2 Å². The van der Waals surface area contributed by atoms with Crippen molar-refractivity contribution >= 4 is 11.0 Å². The van der Waals surface area contributed by atoms with Gasteiger partial charge in [-0.15, -0.1) is 0 Å². The van der Waals surface area contributed by atoms with Gasteiger partial charge < -0.3 is 5.73 Å². The van der Waals surface area contributed by atoms with E-state index in [-0.39, 0.29) is 0 Å². The number of para-hydroxylation sites is 1. The van der Waals surface area contributed by atoms with Crippen LogP contribution < -0.4 is 5.73 Å². The van der Waals surface area contributed by atoms with Crippen molar-refractivity contribution in [1.82, 2.24) is 9.55 Å². The summed E-state index contributed by atoms with van der Waals surface area (Å²) >= 11 is 0. The van der Waals surface area contributed by atoms with E-state index in [1.54, 1.807) is 35.8 Å². The van der Waals surface area contributed by atoms with Crippen LogP contribution in [0.2, 0.25) is 0 Å². The molecule has 3 aromatic rings. The fourth-order valence-corrected chi connectivity index (χ4v) is 2.26. The molecule has 102 valence electrons. The molecular weight excluding hydrogens is 260 g/mol. The average Bonchev–Trinajstić information content (AvgIpc) is 2.78. The van der Waals surface area contributed by atoms with Crippen molar-refractivity contribution in [3.05, 3.63) is 59.9 Å². The van der Waals surface area contributed by atoms with Gasteiger partial charge in [-0.25, -0.2) is 13.8 Å². The summed E-state index contributed by atoms with van der Waals surface area (Å²) in [5, 5.41) is 0. The smallest absolute Gasteiger partial charge is 0.147 e. The summed E-state index contributed by atoms with van der Waals surface area (Å²) in [7, 11) is 0. The monoisotopic (exact) mass is 273 g/mol. The molecule has 0 saturated carbocycles. The SMILES string of the molecule is CC(N)c1nc2ccc(F)cc2n1-c1ccccc1F. The highest BCUT2D eigenvalue weighted by Gasteiger charge is 2.17. The predicted octanol–water partition coefficient (Wildman–Crippen LogP) is 3.32. The van der Waals surface area contributed by atoms with Crippen molar-refractivity contribution in [3.8, 4) is 5.69 Å². The molecule has 0 saturated heterocycles. The Kier molecular flexibility index (Phi) is 2.99. The van der Waals surface area contributed by atoms with E-state index < -0.39 is 17.7 Å². The van der Waals surface area contributed by atoms with Crippen LogP contribution in [0.4, 0.5) is 8.78 Å². The van der Waals surface area contributed by atoms with Gasteiger partial charge in [0.25, 0.3) is 0 Å². The van der Waals surface area contributed by atoms with Crippen LogP contribution in [0.25, 0.3) is 16.7 Å².